The Labute approximate surface area is 153 Å². The molecule has 0 aliphatic heterocycles. The van der Waals surface area contributed by atoms with Crippen LogP contribution < -0.4 is 16.4 Å². The molecule has 148 valence electrons. The van der Waals surface area contributed by atoms with Gasteiger partial charge in [0.15, 0.2) is 0 Å². The van der Waals surface area contributed by atoms with Crippen molar-refractivity contribution in [3.63, 3.8) is 0 Å². The molecule has 7 N–H and O–H groups in total. The molecule has 11 nitrogen and oxygen atoms in total. The van der Waals surface area contributed by atoms with Crippen molar-refractivity contribution in [2.45, 2.75) is 43.8 Å². The van der Waals surface area contributed by atoms with Crippen molar-refractivity contribution in [1.82, 2.24) is 10.6 Å². The van der Waals surface area contributed by atoms with Crippen LogP contribution in [0.5, 0.6) is 0 Å². The highest BCUT2D eigenvalue weighted by atomic mass is 32.2. The monoisotopic (exact) mass is 393 g/mol. The highest BCUT2D eigenvalue weighted by Gasteiger charge is 2.29. The fourth-order valence-electron chi connectivity index (χ4n) is 1.84. The SMILES string of the molecule is CSCCC(NC(=O)C(CC(=O)O)NC(=O)C(N)CCC(=O)O)C(=O)O. The van der Waals surface area contributed by atoms with Crippen LogP contribution >= 0.6 is 11.8 Å². The number of amides is 2. The third-order valence-corrected chi connectivity index (χ3v) is 3.89. The van der Waals surface area contributed by atoms with Crippen molar-refractivity contribution in [3.8, 4) is 0 Å². The highest BCUT2D eigenvalue weighted by molar-refractivity contribution is 7.98. The van der Waals surface area contributed by atoms with E-state index in [-0.39, 0.29) is 19.3 Å². The Hall–Kier alpha value is -2.34. The molecule has 0 aromatic rings. The molecule has 0 saturated carbocycles. The third-order valence-electron chi connectivity index (χ3n) is 3.24. The molecule has 0 rings (SSSR count). The van der Waals surface area contributed by atoms with E-state index in [0.29, 0.717) is 5.75 Å². The van der Waals surface area contributed by atoms with Crippen LogP contribution in [0, 0.1) is 0 Å². The van der Waals surface area contributed by atoms with E-state index in [0.717, 1.165) is 0 Å². The van der Waals surface area contributed by atoms with Gasteiger partial charge in [-0.25, -0.2) is 4.79 Å². The number of hydrogen-bond acceptors (Lipinski definition) is 7. The molecular weight excluding hydrogens is 370 g/mol. The number of rotatable bonds is 13. The normalized spacial score (nSPS) is 13.9. The molecule has 0 radical (unpaired) electrons. The zero-order chi connectivity index (χ0) is 20.3. The lowest BCUT2D eigenvalue weighted by atomic mass is 10.1. The van der Waals surface area contributed by atoms with Gasteiger partial charge in [0.2, 0.25) is 11.8 Å². The van der Waals surface area contributed by atoms with Crippen LogP contribution in [0.25, 0.3) is 0 Å². The van der Waals surface area contributed by atoms with Crippen LogP contribution in [0.2, 0.25) is 0 Å². The summed E-state index contributed by atoms with van der Waals surface area (Å²) in [6.07, 6.45) is 0.521. The van der Waals surface area contributed by atoms with E-state index in [4.69, 9.17) is 21.1 Å². The lowest BCUT2D eigenvalue weighted by Crippen LogP contribution is -2.55. The maximum absolute atomic E-state index is 12.2. The van der Waals surface area contributed by atoms with E-state index in [1.165, 1.54) is 11.8 Å². The van der Waals surface area contributed by atoms with Gasteiger partial charge in [0.25, 0.3) is 0 Å². The van der Waals surface area contributed by atoms with Crippen LogP contribution in [0.4, 0.5) is 0 Å². The molecule has 3 atom stereocenters. The topological polar surface area (TPSA) is 196 Å². The van der Waals surface area contributed by atoms with Crippen LogP contribution in [-0.2, 0) is 24.0 Å². The Morgan fingerprint density at radius 2 is 1.50 bits per heavy atom. The molecule has 0 spiro atoms. The molecule has 0 aliphatic carbocycles. The summed E-state index contributed by atoms with van der Waals surface area (Å²) in [5.74, 6) is -5.26. The maximum Gasteiger partial charge on any atom is 0.326 e. The summed E-state index contributed by atoms with van der Waals surface area (Å²) in [7, 11) is 0. The minimum Gasteiger partial charge on any atom is -0.481 e. The zero-order valence-corrected chi connectivity index (χ0v) is 15.0. The number of carboxylic acids is 3. The largest absolute Gasteiger partial charge is 0.481 e. The second kappa shape index (κ2) is 12.1. The lowest BCUT2D eigenvalue weighted by Gasteiger charge is -2.21. The van der Waals surface area contributed by atoms with E-state index in [2.05, 4.69) is 10.6 Å². The first-order valence-electron chi connectivity index (χ1n) is 7.60. The van der Waals surface area contributed by atoms with Crippen molar-refractivity contribution in [3.05, 3.63) is 0 Å². The third kappa shape index (κ3) is 9.84. The molecule has 3 unspecified atom stereocenters. The Morgan fingerprint density at radius 3 is 1.96 bits per heavy atom. The molecule has 26 heavy (non-hydrogen) atoms. The van der Waals surface area contributed by atoms with E-state index >= 15 is 0 Å². The molecule has 0 saturated heterocycles. The van der Waals surface area contributed by atoms with Gasteiger partial charge in [-0.15, -0.1) is 0 Å². The minimum atomic E-state index is -1.54. The highest BCUT2D eigenvalue weighted by Crippen LogP contribution is 2.04. The number of carboxylic acid groups (broad SMARTS) is 3. The second-order valence-electron chi connectivity index (χ2n) is 5.38. The van der Waals surface area contributed by atoms with Gasteiger partial charge in [-0.1, -0.05) is 0 Å². The first-order chi connectivity index (χ1) is 12.1. The van der Waals surface area contributed by atoms with E-state index in [1.54, 1.807) is 6.26 Å². The number of nitrogens with two attached hydrogens (primary N) is 1. The predicted molar refractivity (Wildman–Crippen MR) is 91.6 cm³/mol. The smallest absolute Gasteiger partial charge is 0.326 e. The van der Waals surface area contributed by atoms with E-state index in [1.807, 2.05) is 0 Å². The van der Waals surface area contributed by atoms with Gasteiger partial charge >= 0.3 is 17.9 Å². The first-order valence-corrected chi connectivity index (χ1v) is 8.99. The number of carbonyl (C=O) groups excluding carboxylic acids is 2. The van der Waals surface area contributed by atoms with Crippen LogP contribution in [0.15, 0.2) is 0 Å². The van der Waals surface area contributed by atoms with Gasteiger partial charge in [0.1, 0.15) is 12.1 Å². The molecule has 0 heterocycles. The molecule has 0 aliphatic rings. The molecular formula is C14H23N3O8S. The fraction of sp³-hybridized carbons (Fsp3) is 0.643. The van der Waals surface area contributed by atoms with E-state index < -0.39 is 54.3 Å². The Balaban J connectivity index is 4.96. The van der Waals surface area contributed by atoms with Crippen molar-refractivity contribution in [1.29, 1.82) is 0 Å². The van der Waals surface area contributed by atoms with Crippen LogP contribution in [0.3, 0.4) is 0 Å². The minimum absolute atomic E-state index is 0.119. The molecule has 0 bridgehead atoms. The Kier molecular flexibility index (Phi) is 11.0. The van der Waals surface area contributed by atoms with Gasteiger partial charge in [-0.2, -0.15) is 11.8 Å². The van der Waals surface area contributed by atoms with Crippen molar-refractivity contribution < 1.29 is 39.3 Å². The van der Waals surface area contributed by atoms with Crippen molar-refractivity contribution in [2.75, 3.05) is 12.0 Å². The number of carbonyl (C=O) groups is 5. The fourth-order valence-corrected chi connectivity index (χ4v) is 2.31. The summed E-state index contributed by atoms with van der Waals surface area (Å²) < 4.78 is 0. The Bertz CT molecular complexity index is 542. The van der Waals surface area contributed by atoms with Gasteiger partial charge in [-0.3, -0.25) is 19.2 Å². The van der Waals surface area contributed by atoms with Crippen molar-refractivity contribution in [2.24, 2.45) is 5.73 Å². The molecule has 2 amide bonds. The van der Waals surface area contributed by atoms with Gasteiger partial charge in [0.05, 0.1) is 12.5 Å². The maximum atomic E-state index is 12.2. The summed E-state index contributed by atoms with van der Waals surface area (Å²) in [6, 6.07) is -4.02. The molecule has 0 aromatic heterocycles. The molecule has 12 heteroatoms. The quantitative estimate of drug-likeness (QED) is 0.213. The standard InChI is InChI=1S/C14H23N3O8S/c1-26-5-4-8(14(24)25)16-13(23)9(6-11(20)21)17-12(22)7(15)2-3-10(18)19/h7-9H,2-6,15H2,1H3,(H,16,23)(H,17,22)(H,18,19)(H,20,21)(H,24,25). The number of hydrogen-bond donors (Lipinski definition) is 6. The summed E-state index contributed by atoms with van der Waals surface area (Å²) >= 11 is 1.37. The average Bonchev–Trinajstić information content (AvgIpc) is 2.54. The first kappa shape index (κ1) is 23.7. The average molecular weight is 393 g/mol. The molecule has 0 fully saturated rings. The number of nitrogens with one attached hydrogen (secondary N) is 2. The summed E-state index contributed by atoms with van der Waals surface area (Å²) in [4.78, 5) is 56.7. The lowest BCUT2D eigenvalue weighted by molar-refractivity contribution is -0.143. The van der Waals surface area contributed by atoms with Crippen LogP contribution in [-0.4, -0.2) is 75.2 Å². The van der Waals surface area contributed by atoms with Gasteiger partial charge < -0.3 is 31.7 Å². The summed E-state index contributed by atoms with van der Waals surface area (Å²) in [6.45, 7) is 0. The summed E-state index contributed by atoms with van der Waals surface area (Å²) in [5.41, 5.74) is 5.51. The predicted octanol–water partition coefficient (Wildman–Crippen LogP) is -1.54. The number of thioether (sulfide) groups is 1. The van der Waals surface area contributed by atoms with Crippen molar-refractivity contribution >= 4 is 41.5 Å². The van der Waals surface area contributed by atoms with E-state index in [9.17, 15) is 24.0 Å². The van der Waals surface area contributed by atoms with Crippen LogP contribution in [0.1, 0.15) is 25.7 Å². The van der Waals surface area contributed by atoms with Gasteiger partial charge in [-0.05, 0) is 24.9 Å². The zero-order valence-electron chi connectivity index (χ0n) is 14.1. The second-order valence-corrected chi connectivity index (χ2v) is 6.36. The number of aliphatic carboxylic acids is 3. The molecule has 0 aromatic carbocycles. The Morgan fingerprint density at radius 1 is 0.923 bits per heavy atom. The van der Waals surface area contributed by atoms with Gasteiger partial charge in [0, 0.05) is 6.42 Å². The summed E-state index contributed by atoms with van der Waals surface area (Å²) in [5, 5.41) is 30.9.